The van der Waals surface area contributed by atoms with Crippen LogP contribution in [0, 0.1) is 28.6 Å². The standard InChI is InChI=1S/C30H37FO5S/c1-5-36-26(37)25(34)30(35)17(2)13-22-21-12-11-19-14-23(32)20(18-9-7-6-8-10-18)15-27(19,3)29(21,31)24(33)16-28(22,30)4/h6-10,14,17,20-22,24,33,35H,5,11-13,15-16H2,1-4H3/t17-,20?,21-,22-,24-,27-,28-,29-,30-/m0/s1. The van der Waals surface area contributed by atoms with Crippen molar-refractivity contribution in [3.63, 3.8) is 0 Å². The number of benzene rings is 1. The van der Waals surface area contributed by atoms with Crippen molar-refractivity contribution in [3.05, 3.63) is 47.5 Å². The summed E-state index contributed by atoms with van der Waals surface area (Å²) in [6.45, 7) is 7.41. The lowest BCUT2D eigenvalue weighted by atomic mass is 9.43. The first-order valence-corrected chi connectivity index (χ1v) is 13.9. The van der Waals surface area contributed by atoms with Crippen molar-refractivity contribution in [2.45, 2.75) is 83.1 Å². The first-order chi connectivity index (χ1) is 17.4. The topological polar surface area (TPSA) is 83.8 Å². The molecule has 1 unspecified atom stereocenters. The van der Waals surface area contributed by atoms with Crippen LogP contribution in [0.2, 0.25) is 0 Å². The maximum absolute atomic E-state index is 17.8. The molecule has 4 aliphatic carbocycles. The number of ketones is 2. The second kappa shape index (κ2) is 8.78. The zero-order valence-corrected chi connectivity index (χ0v) is 22.8. The third-order valence-corrected chi connectivity index (χ3v) is 11.0. The van der Waals surface area contributed by atoms with Crippen LogP contribution >= 0.6 is 12.2 Å². The average molecular weight is 529 g/mol. The zero-order chi connectivity index (χ0) is 27.0. The molecule has 0 bridgehead atoms. The van der Waals surface area contributed by atoms with Gasteiger partial charge >= 0.3 is 0 Å². The number of rotatable bonds is 4. The van der Waals surface area contributed by atoms with Crippen LogP contribution in [0.5, 0.6) is 0 Å². The number of Topliss-reactive ketones (excluding diaryl/α,β-unsaturated/α-hetero) is 1. The predicted octanol–water partition coefficient (Wildman–Crippen LogP) is 4.89. The van der Waals surface area contributed by atoms with Crippen LogP contribution in [0.1, 0.15) is 71.3 Å². The van der Waals surface area contributed by atoms with Crippen molar-refractivity contribution < 1.29 is 28.9 Å². The van der Waals surface area contributed by atoms with E-state index < -0.39 is 51.7 Å². The fourth-order valence-corrected chi connectivity index (χ4v) is 9.06. The summed E-state index contributed by atoms with van der Waals surface area (Å²) in [5.41, 5.74) is -4.34. The number of hydrogen-bond acceptors (Lipinski definition) is 6. The minimum absolute atomic E-state index is 0.0187. The molecule has 1 aromatic rings. The lowest BCUT2D eigenvalue weighted by molar-refractivity contribution is -0.227. The molecule has 0 saturated heterocycles. The summed E-state index contributed by atoms with van der Waals surface area (Å²) in [5, 5.41) is 23.4. The quantitative estimate of drug-likeness (QED) is 0.542. The van der Waals surface area contributed by atoms with Gasteiger partial charge in [0.25, 0.3) is 0 Å². The molecule has 9 atom stereocenters. The van der Waals surface area contributed by atoms with Gasteiger partial charge in [0.2, 0.25) is 10.8 Å². The Morgan fingerprint density at radius 3 is 2.51 bits per heavy atom. The Balaban J connectivity index is 1.57. The highest BCUT2D eigenvalue weighted by Crippen LogP contribution is 2.71. The molecular weight excluding hydrogens is 491 g/mol. The summed E-state index contributed by atoms with van der Waals surface area (Å²) in [6.07, 6.45) is 1.87. The summed E-state index contributed by atoms with van der Waals surface area (Å²) in [6, 6.07) is 9.44. The molecule has 0 aliphatic heterocycles. The Bertz CT molecular complexity index is 1170. The molecule has 1 aromatic carbocycles. The molecule has 3 fully saturated rings. The van der Waals surface area contributed by atoms with Crippen LogP contribution in [0.15, 0.2) is 42.0 Å². The van der Waals surface area contributed by atoms with E-state index in [0.29, 0.717) is 19.3 Å². The van der Waals surface area contributed by atoms with Gasteiger partial charge in [-0.15, -0.1) is 0 Å². The van der Waals surface area contributed by atoms with Crippen LogP contribution < -0.4 is 0 Å². The number of thiocarbonyl (C=S) groups is 1. The van der Waals surface area contributed by atoms with E-state index in [1.54, 1.807) is 19.9 Å². The van der Waals surface area contributed by atoms with Crippen LogP contribution in [0.3, 0.4) is 0 Å². The largest absolute Gasteiger partial charge is 0.481 e. The van der Waals surface area contributed by atoms with Gasteiger partial charge in [-0.1, -0.05) is 56.7 Å². The molecule has 0 amide bonds. The van der Waals surface area contributed by atoms with E-state index in [9.17, 15) is 19.8 Å². The second-order valence-corrected chi connectivity index (χ2v) is 12.6. The third-order valence-electron chi connectivity index (χ3n) is 10.7. The first kappa shape index (κ1) is 26.6. The van der Waals surface area contributed by atoms with Gasteiger partial charge in [-0.05, 0) is 74.7 Å². The van der Waals surface area contributed by atoms with E-state index in [-0.39, 0.29) is 36.2 Å². The summed E-state index contributed by atoms with van der Waals surface area (Å²) in [5.74, 6) is -2.52. The smallest absolute Gasteiger partial charge is 0.241 e. The lowest BCUT2D eigenvalue weighted by Crippen LogP contribution is -2.70. The predicted molar refractivity (Wildman–Crippen MR) is 142 cm³/mol. The number of alkyl halides is 1. The molecular formula is C30H37FO5S. The van der Waals surface area contributed by atoms with E-state index in [1.807, 2.05) is 44.2 Å². The molecule has 0 spiro atoms. The monoisotopic (exact) mass is 528 g/mol. The number of carbonyl (C=O) groups excluding carboxylic acids is 2. The highest BCUT2D eigenvalue weighted by Gasteiger charge is 2.76. The van der Waals surface area contributed by atoms with Crippen molar-refractivity contribution in [3.8, 4) is 0 Å². The van der Waals surface area contributed by atoms with Crippen LogP contribution in [0.4, 0.5) is 4.39 Å². The highest BCUT2D eigenvalue weighted by atomic mass is 32.1. The summed E-state index contributed by atoms with van der Waals surface area (Å²) in [7, 11) is 0. The van der Waals surface area contributed by atoms with E-state index in [1.165, 1.54) is 0 Å². The van der Waals surface area contributed by atoms with E-state index in [0.717, 1.165) is 11.1 Å². The van der Waals surface area contributed by atoms with Gasteiger partial charge in [-0.3, -0.25) is 9.59 Å². The van der Waals surface area contributed by atoms with Crippen LogP contribution in [0.25, 0.3) is 0 Å². The molecule has 3 saturated carbocycles. The van der Waals surface area contributed by atoms with Gasteiger partial charge in [0.15, 0.2) is 5.78 Å². The van der Waals surface area contributed by atoms with Gasteiger partial charge in [0, 0.05) is 22.7 Å². The summed E-state index contributed by atoms with van der Waals surface area (Å²) < 4.78 is 23.1. The molecule has 0 aromatic heterocycles. The first-order valence-electron chi connectivity index (χ1n) is 13.5. The van der Waals surface area contributed by atoms with E-state index in [4.69, 9.17) is 17.0 Å². The number of fused-ring (bicyclic) bond motifs is 5. The Kier molecular flexibility index (Phi) is 6.32. The summed E-state index contributed by atoms with van der Waals surface area (Å²) in [4.78, 5) is 26.6. The van der Waals surface area contributed by atoms with Crippen molar-refractivity contribution in [1.29, 1.82) is 0 Å². The zero-order valence-electron chi connectivity index (χ0n) is 22.0. The van der Waals surface area contributed by atoms with E-state index in [2.05, 4.69) is 0 Å². The van der Waals surface area contributed by atoms with Gasteiger partial charge in [0.1, 0.15) is 11.3 Å². The number of aliphatic hydroxyl groups is 2. The van der Waals surface area contributed by atoms with Gasteiger partial charge in [-0.2, -0.15) is 0 Å². The number of halogens is 1. The maximum Gasteiger partial charge on any atom is 0.241 e. The molecule has 0 radical (unpaired) electrons. The molecule has 5 rings (SSSR count). The Morgan fingerprint density at radius 1 is 1.19 bits per heavy atom. The molecule has 4 aliphatic rings. The highest BCUT2D eigenvalue weighted by molar-refractivity contribution is 7.81. The van der Waals surface area contributed by atoms with E-state index >= 15 is 4.39 Å². The summed E-state index contributed by atoms with van der Waals surface area (Å²) >= 11 is 5.20. The van der Waals surface area contributed by atoms with Crippen molar-refractivity contribution in [2.75, 3.05) is 6.61 Å². The number of hydrogen-bond donors (Lipinski definition) is 2. The minimum Gasteiger partial charge on any atom is -0.481 e. The third kappa shape index (κ3) is 3.36. The molecule has 37 heavy (non-hydrogen) atoms. The Hall–Kier alpha value is -1.96. The Morgan fingerprint density at radius 2 is 1.86 bits per heavy atom. The van der Waals surface area contributed by atoms with Crippen molar-refractivity contribution in [2.24, 2.45) is 28.6 Å². The van der Waals surface area contributed by atoms with Crippen LogP contribution in [-0.4, -0.2) is 50.8 Å². The van der Waals surface area contributed by atoms with Gasteiger partial charge < -0.3 is 14.9 Å². The van der Waals surface area contributed by atoms with Crippen molar-refractivity contribution >= 4 is 28.8 Å². The molecule has 2 N–H and O–H groups in total. The molecule has 5 nitrogen and oxygen atoms in total. The number of carbonyl (C=O) groups is 2. The fourth-order valence-electron chi connectivity index (χ4n) is 8.79. The molecule has 7 heteroatoms. The normalized spacial score (nSPS) is 44.8. The fraction of sp³-hybridized carbons (Fsp3) is 0.633. The van der Waals surface area contributed by atoms with Gasteiger partial charge in [0.05, 0.1) is 12.7 Å². The second-order valence-electron chi connectivity index (χ2n) is 12.2. The van der Waals surface area contributed by atoms with Crippen LogP contribution in [-0.2, 0) is 14.3 Å². The maximum atomic E-state index is 17.8. The molecule has 200 valence electrons. The number of ether oxygens (including phenoxy) is 1. The van der Waals surface area contributed by atoms with Gasteiger partial charge in [-0.25, -0.2) is 4.39 Å². The molecule has 0 heterocycles. The van der Waals surface area contributed by atoms with Crippen molar-refractivity contribution in [1.82, 2.24) is 0 Å². The Labute approximate surface area is 223 Å². The lowest BCUT2D eigenvalue weighted by Gasteiger charge is -2.64. The number of allylic oxidation sites excluding steroid dienone is 1. The minimum atomic E-state index is -2.00. The number of aliphatic hydroxyl groups excluding tert-OH is 1. The average Bonchev–Trinajstić information content (AvgIpc) is 3.06. The SMILES string of the molecule is CCOC(=S)C(=O)[C@@]1(O)[C@@H](C)C[C@H]2[C@@H]3CCC4=CC(=O)C(c5ccccc5)C[C@]4(C)[C@@]3(F)[C@@H](O)C[C@@]21C.